The van der Waals surface area contributed by atoms with Crippen LogP contribution in [0.2, 0.25) is 0 Å². The molecule has 0 aliphatic carbocycles. The van der Waals surface area contributed by atoms with E-state index in [1.54, 1.807) is 17.2 Å². The minimum atomic E-state index is -0.0565. The van der Waals surface area contributed by atoms with Gasteiger partial charge in [0.25, 0.3) is 5.91 Å². The first-order chi connectivity index (χ1) is 14.5. The normalized spacial score (nSPS) is 12.9. The minimum absolute atomic E-state index is 0.00526. The van der Waals surface area contributed by atoms with E-state index >= 15 is 0 Å². The summed E-state index contributed by atoms with van der Waals surface area (Å²) in [6, 6.07) is 19.2. The van der Waals surface area contributed by atoms with E-state index < -0.39 is 0 Å². The fourth-order valence-electron chi connectivity index (χ4n) is 3.49. The Morgan fingerprint density at radius 3 is 2.67 bits per heavy atom. The predicted molar refractivity (Wildman–Crippen MR) is 120 cm³/mol. The summed E-state index contributed by atoms with van der Waals surface area (Å²) in [5.74, 6) is -0.0910. The van der Waals surface area contributed by atoms with Gasteiger partial charge in [-0.2, -0.15) is 0 Å². The Labute approximate surface area is 180 Å². The summed E-state index contributed by atoms with van der Waals surface area (Å²) < 4.78 is 0. The van der Waals surface area contributed by atoms with Gasteiger partial charge in [-0.15, -0.1) is 0 Å². The number of benzene rings is 2. The quantitative estimate of drug-likeness (QED) is 0.622. The third-order valence-corrected chi connectivity index (χ3v) is 6.00. The van der Waals surface area contributed by atoms with Crippen LogP contribution in [0.4, 0.5) is 11.4 Å². The zero-order valence-corrected chi connectivity index (χ0v) is 17.8. The summed E-state index contributed by atoms with van der Waals surface area (Å²) in [5.41, 5.74) is 3.29. The van der Waals surface area contributed by atoms with E-state index in [4.69, 9.17) is 0 Å². The number of hydrogen-bond acceptors (Lipinski definition) is 4. The number of nitrogens with one attached hydrogen (secondary N) is 1. The molecule has 0 atom stereocenters. The van der Waals surface area contributed by atoms with E-state index in [0.29, 0.717) is 23.4 Å². The lowest BCUT2D eigenvalue weighted by atomic mass is 10.1. The fourth-order valence-corrected chi connectivity index (χ4v) is 4.53. The van der Waals surface area contributed by atoms with Gasteiger partial charge in [0, 0.05) is 29.2 Å². The van der Waals surface area contributed by atoms with Crippen LogP contribution in [0.25, 0.3) is 0 Å². The maximum absolute atomic E-state index is 13.1. The lowest BCUT2D eigenvalue weighted by molar-refractivity contribution is -0.116. The van der Waals surface area contributed by atoms with E-state index in [9.17, 15) is 9.59 Å². The van der Waals surface area contributed by atoms with Gasteiger partial charge in [0.15, 0.2) is 0 Å². The van der Waals surface area contributed by atoms with Crippen molar-refractivity contribution >= 4 is 35.0 Å². The van der Waals surface area contributed by atoms with Crippen LogP contribution in [0.1, 0.15) is 36.2 Å². The topological polar surface area (TPSA) is 62.3 Å². The van der Waals surface area contributed by atoms with Crippen LogP contribution in [-0.4, -0.2) is 22.8 Å². The van der Waals surface area contributed by atoms with Crippen LogP contribution < -0.4 is 10.2 Å². The van der Waals surface area contributed by atoms with Crippen molar-refractivity contribution in [3.8, 4) is 0 Å². The Kier molecular flexibility index (Phi) is 5.86. The molecule has 30 heavy (non-hydrogen) atoms. The van der Waals surface area contributed by atoms with Gasteiger partial charge in [-0.05, 0) is 56.2 Å². The first-order valence-corrected chi connectivity index (χ1v) is 10.8. The lowest BCUT2D eigenvalue weighted by Crippen LogP contribution is -2.37. The molecule has 1 aliphatic heterocycles. The Balaban J connectivity index is 1.57. The van der Waals surface area contributed by atoms with E-state index in [0.717, 1.165) is 21.8 Å². The minimum Gasteiger partial charge on any atom is -0.326 e. The lowest BCUT2D eigenvalue weighted by Gasteiger charge is -2.27. The van der Waals surface area contributed by atoms with Gasteiger partial charge in [-0.25, -0.2) is 4.98 Å². The molecule has 2 amide bonds. The largest absolute Gasteiger partial charge is 0.326 e. The maximum atomic E-state index is 13.1. The van der Waals surface area contributed by atoms with Crippen molar-refractivity contribution in [1.29, 1.82) is 0 Å². The number of amides is 2. The second-order valence-corrected chi connectivity index (χ2v) is 8.47. The summed E-state index contributed by atoms with van der Waals surface area (Å²) in [4.78, 5) is 32.7. The fraction of sp³-hybridized carbons (Fsp3) is 0.208. The van der Waals surface area contributed by atoms with Gasteiger partial charge in [0.2, 0.25) is 5.91 Å². The third kappa shape index (κ3) is 4.24. The van der Waals surface area contributed by atoms with Gasteiger partial charge >= 0.3 is 0 Å². The molecule has 0 saturated heterocycles. The standard InChI is InChI=1S/C24H23N3O2S/c1-16(2)27-20-12-11-18(26-22(28)13-10-17-7-4-3-5-8-17)15-21(20)30-23-19(24(27)29)9-6-14-25-23/h3-9,11-12,14-16H,10,13H2,1-2H3,(H,26,28). The van der Waals surface area contributed by atoms with Gasteiger partial charge < -0.3 is 10.2 Å². The molecule has 2 heterocycles. The van der Waals surface area contributed by atoms with Crippen LogP contribution in [0.15, 0.2) is 76.8 Å². The highest BCUT2D eigenvalue weighted by molar-refractivity contribution is 7.99. The summed E-state index contributed by atoms with van der Waals surface area (Å²) >= 11 is 1.45. The van der Waals surface area contributed by atoms with E-state index in [-0.39, 0.29) is 17.9 Å². The van der Waals surface area contributed by atoms with Gasteiger partial charge in [0.05, 0.1) is 11.3 Å². The molecule has 152 valence electrons. The summed E-state index contributed by atoms with van der Waals surface area (Å²) in [7, 11) is 0. The number of hydrogen-bond donors (Lipinski definition) is 1. The molecule has 0 bridgehead atoms. The summed E-state index contributed by atoms with van der Waals surface area (Å²) in [5, 5.41) is 3.67. The first-order valence-electron chi connectivity index (χ1n) is 9.97. The number of aryl methyl sites for hydroxylation is 1. The summed E-state index contributed by atoms with van der Waals surface area (Å²) in [6.45, 7) is 3.99. The average molecular weight is 418 g/mol. The number of rotatable bonds is 5. The number of pyridine rings is 1. The molecule has 1 N–H and O–H groups in total. The highest BCUT2D eigenvalue weighted by atomic mass is 32.2. The van der Waals surface area contributed by atoms with Crippen LogP contribution in [0.5, 0.6) is 0 Å². The Bertz CT molecular complexity index is 1080. The molecule has 0 unspecified atom stereocenters. The zero-order valence-electron chi connectivity index (χ0n) is 17.0. The average Bonchev–Trinajstić information content (AvgIpc) is 2.86. The molecule has 2 aromatic carbocycles. The molecular formula is C24H23N3O2S. The Morgan fingerprint density at radius 1 is 1.10 bits per heavy atom. The molecule has 1 aliphatic rings. The smallest absolute Gasteiger partial charge is 0.261 e. The monoisotopic (exact) mass is 417 g/mol. The molecule has 0 spiro atoms. The number of aromatic nitrogens is 1. The van der Waals surface area contributed by atoms with Gasteiger partial charge in [0.1, 0.15) is 5.03 Å². The number of nitrogens with zero attached hydrogens (tertiary/aromatic N) is 2. The highest BCUT2D eigenvalue weighted by Gasteiger charge is 2.29. The van der Waals surface area contributed by atoms with E-state index in [2.05, 4.69) is 10.3 Å². The second kappa shape index (κ2) is 8.71. The SMILES string of the molecule is CC(C)N1C(=O)c2cccnc2Sc2cc(NC(=O)CCc3ccccc3)ccc21. The number of anilines is 2. The van der Waals surface area contributed by atoms with E-state index in [1.165, 1.54) is 11.8 Å². The van der Waals surface area contributed by atoms with Crippen molar-refractivity contribution in [3.63, 3.8) is 0 Å². The molecule has 0 fully saturated rings. The molecule has 0 saturated carbocycles. The van der Waals surface area contributed by atoms with Crippen LogP contribution in [0.3, 0.4) is 0 Å². The van der Waals surface area contributed by atoms with Crippen molar-refractivity contribution in [2.24, 2.45) is 0 Å². The molecule has 4 rings (SSSR count). The Hall–Kier alpha value is -3.12. The maximum Gasteiger partial charge on any atom is 0.261 e. The van der Waals surface area contributed by atoms with Crippen molar-refractivity contribution in [2.45, 2.75) is 42.7 Å². The molecular weight excluding hydrogens is 394 g/mol. The number of fused-ring (bicyclic) bond motifs is 2. The molecule has 0 radical (unpaired) electrons. The zero-order chi connectivity index (χ0) is 21.1. The third-order valence-electron chi connectivity index (χ3n) is 4.93. The van der Waals surface area contributed by atoms with Crippen molar-refractivity contribution in [3.05, 3.63) is 78.0 Å². The molecule has 1 aromatic heterocycles. The van der Waals surface area contributed by atoms with Crippen LogP contribution in [-0.2, 0) is 11.2 Å². The van der Waals surface area contributed by atoms with Crippen molar-refractivity contribution in [1.82, 2.24) is 4.98 Å². The molecule has 3 aromatic rings. The van der Waals surface area contributed by atoms with E-state index in [1.807, 2.05) is 68.4 Å². The first kappa shape index (κ1) is 20.2. The number of carbonyl (C=O) groups excluding carboxylic acids is 2. The second-order valence-electron chi connectivity index (χ2n) is 7.44. The van der Waals surface area contributed by atoms with Crippen LogP contribution in [0, 0.1) is 0 Å². The Morgan fingerprint density at radius 2 is 1.90 bits per heavy atom. The van der Waals surface area contributed by atoms with Crippen molar-refractivity contribution in [2.75, 3.05) is 10.2 Å². The molecule has 6 heteroatoms. The predicted octanol–water partition coefficient (Wildman–Crippen LogP) is 5.17. The van der Waals surface area contributed by atoms with Crippen molar-refractivity contribution < 1.29 is 9.59 Å². The number of carbonyl (C=O) groups is 2. The van der Waals surface area contributed by atoms with Gasteiger partial charge in [-0.3, -0.25) is 9.59 Å². The summed E-state index contributed by atoms with van der Waals surface area (Å²) in [6.07, 6.45) is 2.80. The van der Waals surface area contributed by atoms with Crippen LogP contribution >= 0.6 is 11.8 Å². The van der Waals surface area contributed by atoms with Gasteiger partial charge in [-0.1, -0.05) is 42.1 Å². The highest BCUT2D eigenvalue weighted by Crippen LogP contribution is 2.42. The molecule has 5 nitrogen and oxygen atoms in total.